The predicted molar refractivity (Wildman–Crippen MR) is 108 cm³/mol. The lowest BCUT2D eigenvalue weighted by molar-refractivity contribution is 0.0597. The monoisotopic (exact) mass is 389 g/mol. The summed E-state index contributed by atoms with van der Waals surface area (Å²) in [6.07, 6.45) is 0.854. The van der Waals surface area contributed by atoms with Crippen molar-refractivity contribution in [1.82, 2.24) is 10.6 Å². The summed E-state index contributed by atoms with van der Waals surface area (Å²) in [6.45, 7) is 1.24. The van der Waals surface area contributed by atoms with E-state index in [-0.39, 0.29) is 0 Å². The van der Waals surface area contributed by atoms with Crippen LogP contribution in [0.5, 0.6) is 5.75 Å². The molecule has 6 nitrogen and oxygen atoms in total. The summed E-state index contributed by atoms with van der Waals surface area (Å²) in [6, 6.07) is 13.2. The fourth-order valence-electron chi connectivity index (χ4n) is 2.52. The van der Waals surface area contributed by atoms with Gasteiger partial charge in [-0.2, -0.15) is 0 Å². The number of methoxy groups -OCH3 is 2. The van der Waals surface area contributed by atoms with Crippen LogP contribution in [0.15, 0.2) is 47.5 Å². The number of hydrogen-bond donors (Lipinski definition) is 2. The number of benzene rings is 2. The van der Waals surface area contributed by atoms with Gasteiger partial charge < -0.3 is 20.1 Å². The molecule has 0 unspecified atom stereocenters. The summed E-state index contributed by atoms with van der Waals surface area (Å²) >= 11 is 5.90. The molecule has 144 valence electrons. The Hall–Kier alpha value is -2.73. The van der Waals surface area contributed by atoms with Gasteiger partial charge in [-0.05, 0) is 41.8 Å². The minimum absolute atomic E-state index is 0.394. The van der Waals surface area contributed by atoms with Gasteiger partial charge >= 0.3 is 5.97 Å². The Kier molecular flexibility index (Phi) is 7.95. The molecular formula is C20H24ClN3O3. The van der Waals surface area contributed by atoms with Gasteiger partial charge in [0, 0.05) is 25.2 Å². The molecule has 0 heterocycles. The van der Waals surface area contributed by atoms with Gasteiger partial charge in [0.2, 0.25) is 0 Å². The van der Waals surface area contributed by atoms with Gasteiger partial charge in [0.25, 0.3) is 0 Å². The van der Waals surface area contributed by atoms with Crippen molar-refractivity contribution in [3.05, 3.63) is 64.2 Å². The second kappa shape index (κ2) is 10.4. The molecule has 0 saturated heterocycles. The van der Waals surface area contributed by atoms with E-state index in [1.54, 1.807) is 19.2 Å². The van der Waals surface area contributed by atoms with E-state index in [0.717, 1.165) is 23.6 Å². The van der Waals surface area contributed by atoms with Crippen LogP contribution in [0, 0.1) is 0 Å². The highest BCUT2D eigenvalue weighted by molar-refractivity contribution is 6.30. The first-order valence-electron chi connectivity index (χ1n) is 8.51. The summed E-state index contributed by atoms with van der Waals surface area (Å²) in [5.41, 5.74) is 2.50. The zero-order valence-corrected chi connectivity index (χ0v) is 16.5. The van der Waals surface area contributed by atoms with Crippen molar-refractivity contribution in [3.8, 4) is 5.75 Å². The van der Waals surface area contributed by atoms with Crippen molar-refractivity contribution < 1.29 is 14.3 Å². The Bertz CT molecular complexity index is 792. The van der Waals surface area contributed by atoms with Crippen LogP contribution in [-0.2, 0) is 17.7 Å². The molecule has 0 aliphatic heterocycles. The molecule has 2 N–H and O–H groups in total. The number of nitrogens with zero attached hydrogens (tertiary/aromatic N) is 1. The third-order valence-corrected chi connectivity index (χ3v) is 4.22. The van der Waals surface area contributed by atoms with E-state index in [1.165, 1.54) is 19.8 Å². The molecule has 0 atom stereocenters. The average molecular weight is 390 g/mol. The van der Waals surface area contributed by atoms with Crippen LogP contribution in [0.2, 0.25) is 5.02 Å². The van der Waals surface area contributed by atoms with Crippen LogP contribution in [-0.4, -0.2) is 39.7 Å². The van der Waals surface area contributed by atoms with E-state index in [4.69, 9.17) is 21.1 Å². The Morgan fingerprint density at radius 1 is 1.07 bits per heavy atom. The molecule has 2 rings (SSSR count). The second-order valence-electron chi connectivity index (χ2n) is 5.76. The number of carbonyl (C=O) groups is 1. The molecule has 0 aromatic heterocycles. The van der Waals surface area contributed by atoms with Gasteiger partial charge in [-0.3, -0.25) is 4.99 Å². The van der Waals surface area contributed by atoms with Crippen LogP contribution >= 0.6 is 11.6 Å². The number of carbonyl (C=O) groups excluding carboxylic acids is 1. The Morgan fingerprint density at radius 3 is 2.41 bits per heavy atom. The topological polar surface area (TPSA) is 72.0 Å². The van der Waals surface area contributed by atoms with Crippen LogP contribution in [0.4, 0.5) is 0 Å². The Balaban J connectivity index is 1.89. The lowest BCUT2D eigenvalue weighted by atomic mass is 10.1. The van der Waals surface area contributed by atoms with Crippen molar-refractivity contribution in [2.45, 2.75) is 13.0 Å². The van der Waals surface area contributed by atoms with Gasteiger partial charge in [0.05, 0.1) is 14.2 Å². The number of rotatable bonds is 7. The first kappa shape index (κ1) is 20.6. The summed E-state index contributed by atoms with van der Waals surface area (Å²) in [4.78, 5) is 16.1. The van der Waals surface area contributed by atoms with Gasteiger partial charge in [0.15, 0.2) is 5.96 Å². The van der Waals surface area contributed by atoms with Crippen LogP contribution in [0.25, 0.3) is 0 Å². The van der Waals surface area contributed by atoms with E-state index < -0.39 is 5.97 Å². The third-order valence-electron chi connectivity index (χ3n) is 3.97. The molecule has 0 radical (unpaired) electrons. The van der Waals surface area contributed by atoms with Crippen molar-refractivity contribution in [2.24, 2.45) is 4.99 Å². The van der Waals surface area contributed by atoms with E-state index in [9.17, 15) is 4.79 Å². The molecule has 0 amide bonds. The molecule has 0 fully saturated rings. The van der Waals surface area contributed by atoms with E-state index in [0.29, 0.717) is 23.8 Å². The quantitative estimate of drug-likeness (QED) is 0.432. The number of esters is 1. The van der Waals surface area contributed by atoms with Crippen LogP contribution in [0.3, 0.4) is 0 Å². The lowest BCUT2D eigenvalue weighted by Crippen LogP contribution is -2.37. The lowest BCUT2D eigenvalue weighted by Gasteiger charge is -2.13. The maximum absolute atomic E-state index is 11.9. The SMILES string of the molecule is CN=C(NCCc1ccc(Cl)cc1)NCc1ccc(OC)c(C(=O)OC)c1. The summed E-state index contributed by atoms with van der Waals surface area (Å²) in [7, 11) is 4.58. The molecule has 0 aliphatic carbocycles. The van der Waals surface area contributed by atoms with E-state index >= 15 is 0 Å². The molecule has 0 spiro atoms. The minimum atomic E-state index is -0.431. The van der Waals surface area contributed by atoms with Crippen LogP contribution in [0.1, 0.15) is 21.5 Å². The smallest absolute Gasteiger partial charge is 0.341 e. The fourth-order valence-corrected chi connectivity index (χ4v) is 2.64. The molecule has 27 heavy (non-hydrogen) atoms. The highest BCUT2D eigenvalue weighted by atomic mass is 35.5. The summed E-state index contributed by atoms with van der Waals surface area (Å²) < 4.78 is 10.0. The van der Waals surface area contributed by atoms with Gasteiger partial charge in [-0.15, -0.1) is 0 Å². The second-order valence-corrected chi connectivity index (χ2v) is 6.19. The molecule has 0 aliphatic rings. The van der Waals surface area contributed by atoms with Crippen molar-refractivity contribution in [3.63, 3.8) is 0 Å². The Labute approximate surface area is 164 Å². The molecular weight excluding hydrogens is 366 g/mol. The highest BCUT2D eigenvalue weighted by Crippen LogP contribution is 2.20. The fraction of sp³-hybridized carbons (Fsp3) is 0.300. The average Bonchev–Trinajstić information content (AvgIpc) is 2.71. The first-order chi connectivity index (χ1) is 13.1. The summed E-state index contributed by atoms with van der Waals surface area (Å²) in [5.74, 6) is 0.731. The highest BCUT2D eigenvalue weighted by Gasteiger charge is 2.13. The van der Waals surface area contributed by atoms with Gasteiger partial charge in [-0.1, -0.05) is 29.8 Å². The summed E-state index contributed by atoms with van der Waals surface area (Å²) in [5, 5.41) is 7.22. The van der Waals surface area contributed by atoms with E-state index in [1.807, 2.05) is 30.3 Å². The molecule has 2 aromatic rings. The zero-order chi connectivity index (χ0) is 19.6. The molecule has 0 bridgehead atoms. The third kappa shape index (κ3) is 6.18. The number of nitrogens with one attached hydrogen (secondary N) is 2. The molecule has 0 saturated carbocycles. The first-order valence-corrected chi connectivity index (χ1v) is 8.89. The normalized spacial score (nSPS) is 11.0. The Morgan fingerprint density at radius 2 is 1.78 bits per heavy atom. The van der Waals surface area contributed by atoms with Crippen molar-refractivity contribution in [2.75, 3.05) is 27.8 Å². The minimum Gasteiger partial charge on any atom is -0.496 e. The van der Waals surface area contributed by atoms with Crippen LogP contribution < -0.4 is 15.4 Å². The van der Waals surface area contributed by atoms with E-state index in [2.05, 4.69) is 15.6 Å². The maximum Gasteiger partial charge on any atom is 0.341 e. The zero-order valence-electron chi connectivity index (χ0n) is 15.7. The number of ether oxygens (including phenoxy) is 2. The number of guanidine groups is 1. The van der Waals surface area contributed by atoms with Gasteiger partial charge in [0.1, 0.15) is 11.3 Å². The number of halogens is 1. The number of hydrogen-bond acceptors (Lipinski definition) is 4. The van der Waals surface area contributed by atoms with Crippen molar-refractivity contribution in [1.29, 1.82) is 0 Å². The van der Waals surface area contributed by atoms with Gasteiger partial charge in [-0.25, -0.2) is 4.79 Å². The van der Waals surface area contributed by atoms with Crippen molar-refractivity contribution >= 4 is 23.5 Å². The number of aliphatic imine (C=N–C) groups is 1. The molecule has 2 aromatic carbocycles. The standard InChI is InChI=1S/C20H24ClN3O3/c1-22-20(23-11-10-14-4-7-16(21)8-5-14)24-13-15-6-9-18(26-2)17(12-15)19(25)27-3/h4-9,12H,10-11,13H2,1-3H3,(H2,22,23,24). The molecule has 7 heteroatoms. The largest absolute Gasteiger partial charge is 0.496 e. The maximum atomic E-state index is 11.9. The predicted octanol–water partition coefficient (Wildman–Crippen LogP) is 3.04.